The second-order valence-electron chi connectivity index (χ2n) is 3.83. The third kappa shape index (κ3) is 2.89. The number of amides is 1. The van der Waals surface area contributed by atoms with E-state index in [9.17, 15) is 14.9 Å². The normalized spacial score (nSPS) is 10.1. The van der Waals surface area contributed by atoms with Gasteiger partial charge in [-0.25, -0.2) is 0 Å². The summed E-state index contributed by atoms with van der Waals surface area (Å²) in [4.78, 5) is 22.4. The predicted octanol–water partition coefficient (Wildman–Crippen LogP) is 4.15. The molecule has 2 rings (SSSR count). The molecule has 0 spiro atoms. The Labute approximate surface area is 124 Å². The van der Waals surface area contributed by atoms with Crippen molar-refractivity contribution in [3.8, 4) is 0 Å². The number of nitro benzene ring substituents is 1. The molecule has 102 valence electrons. The Balaban J connectivity index is 2.36. The first-order valence-corrected chi connectivity index (χ1v) is 6.25. The fourth-order valence-corrected chi connectivity index (χ4v) is 2.21. The molecule has 0 atom stereocenters. The summed E-state index contributed by atoms with van der Waals surface area (Å²) >= 11 is 11.8. The molecule has 0 saturated heterocycles. The van der Waals surface area contributed by atoms with Gasteiger partial charge in [0.25, 0.3) is 11.6 Å². The molecule has 2 aromatic carbocycles. The molecule has 0 aliphatic heterocycles. The van der Waals surface area contributed by atoms with E-state index < -0.39 is 10.8 Å². The summed E-state index contributed by atoms with van der Waals surface area (Å²) in [5.41, 5.74) is -0.0449. The summed E-state index contributed by atoms with van der Waals surface area (Å²) < 4.78 is 0. The molecule has 1 amide bonds. The number of nitrogens with zero attached hydrogens (tertiary/aromatic N) is 1. The summed E-state index contributed by atoms with van der Waals surface area (Å²) in [6, 6.07) is 10.5. The summed E-state index contributed by atoms with van der Waals surface area (Å²) in [5.74, 6) is -0.602. The molecular formula is C13H8Cl2N2O3. The number of carbonyl (C=O) groups excluding carboxylic acids is 1. The lowest BCUT2D eigenvalue weighted by atomic mass is 10.2. The topological polar surface area (TPSA) is 72.2 Å². The Morgan fingerprint density at radius 3 is 2.25 bits per heavy atom. The van der Waals surface area contributed by atoms with Crippen molar-refractivity contribution < 1.29 is 9.72 Å². The number of para-hydroxylation sites is 2. The summed E-state index contributed by atoms with van der Waals surface area (Å²) in [6.07, 6.45) is 0. The number of benzene rings is 2. The lowest BCUT2D eigenvalue weighted by Crippen LogP contribution is -2.14. The third-order valence-electron chi connectivity index (χ3n) is 2.54. The first-order valence-electron chi connectivity index (χ1n) is 5.49. The highest BCUT2D eigenvalue weighted by Gasteiger charge is 2.19. The van der Waals surface area contributed by atoms with Crippen molar-refractivity contribution in [3.05, 3.63) is 68.2 Å². The second-order valence-corrected chi connectivity index (χ2v) is 4.64. The van der Waals surface area contributed by atoms with Crippen LogP contribution in [0.4, 0.5) is 11.4 Å². The van der Waals surface area contributed by atoms with Crippen molar-refractivity contribution in [2.24, 2.45) is 0 Å². The van der Waals surface area contributed by atoms with E-state index in [4.69, 9.17) is 23.2 Å². The molecule has 0 unspecified atom stereocenters. The van der Waals surface area contributed by atoms with Crippen molar-refractivity contribution in [1.29, 1.82) is 0 Å². The van der Waals surface area contributed by atoms with Crippen LogP contribution in [0, 0.1) is 10.1 Å². The third-order valence-corrected chi connectivity index (χ3v) is 3.17. The van der Waals surface area contributed by atoms with E-state index in [0.29, 0.717) is 0 Å². The maximum absolute atomic E-state index is 12.1. The fourth-order valence-electron chi connectivity index (χ4n) is 1.64. The Hall–Kier alpha value is -2.11. The van der Waals surface area contributed by atoms with Crippen molar-refractivity contribution >= 4 is 40.5 Å². The number of halogens is 2. The highest BCUT2D eigenvalue weighted by atomic mass is 35.5. The summed E-state index contributed by atoms with van der Waals surface area (Å²) in [6.45, 7) is 0. The van der Waals surface area contributed by atoms with Crippen molar-refractivity contribution in [2.75, 3.05) is 5.32 Å². The van der Waals surface area contributed by atoms with Crippen LogP contribution in [0.15, 0.2) is 42.5 Å². The zero-order valence-corrected chi connectivity index (χ0v) is 11.5. The van der Waals surface area contributed by atoms with Gasteiger partial charge in [0.05, 0.1) is 20.5 Å². The molecule has 0 radical (unpaired) electrons. The minimum atomic E-state index is -0.602. The Morgan fingerprint density at radius 1 is 1.05 bits per heavy atom. The predicted molar refractivity (Wildman–Crippen MR) is 77.5 cm³/mol. The molecule has 5 nitrogen and oxygen atoms in total. The summed E-state index contributed by atoms with van der Waals surface area (Å²) in [5, 5.41) is 13.7. The average molecular weight is 311 g/mol. The maximum atomic E-state index is 12.1. The molecule has 0 saturated carbocycles. The van der Waals surface area contributed by atoms with Crippen LogP contribution in [0.5, 0.6) is 0 Å². The number of rotatable bonds is 3. The molecule has 0 fully saturated rings. The van der Waals surface area contributed by atoms with Crippen LogP contribution in [0.2, 0.25) is 10.0 Å². The van der Waals surface area contributed by atoms with Gasteiger partial charge in [-0.3, -0.25) is 14.9 Å². The van der Waals surface area contributed by atoms with E-state index in [-0.39, 0.29) is 27.0 Å². The van der Waals surface area contributed by atoms with Crippen LogP contribution in [-0.2, 0) is 0 Å². The minimum absolute atomic E-state index is 0.0778. The molecule has 0 aliphatic rings. The molecule has 0 bridgehead atoms. The number of anilines is 1. The quantitative estimate of drug-likeness (QED) is 0.683. The molecule has 2 aromatic rings. The molecule has 20 heavy (non-hydrogen) atoms. The highest BCUT2D eigenvalue weighted by molar-refractivity contribution is 6.40. The zero-order chi connectivity index (χ0) is 14.7. The number of carbonyl (C=O) groups is 1. The van der Waals surface area contributed by atoms with E-state index in [1.807, 2.05) is 0 Å². The van der Waals surface area contributed by atoms with Crippen LogP contribution < -0.4 is 5.32 Å². The van der Waals surface area contributed by atoms with Gasteiger partial charge in [-0.15, -0.1) is 0 Å². The van der Waals surface area contributed by atoms with Gasteiger partial charge >= 0.3 is 0 Å². The van der Waals surface area contributed by atoms with Gasteiger partial charge in [-0.1, -0.05) is 41.4 Å². The van der Waals surface area contributed by atoms with E-state index in [1.54, 1.807) is 12.1 Å². The van der Waals surface area contributed by atoms with E-state index in [1.165, 1.54) is 30.3 Å². The first kappa shape index (κ1) is 14.3. The van der Waals surface area contributed by atoms with Gasteiger partial charge < -0.3 is 5.32 Å². The van der Waals surface area contributed by atoms with Crippen LogP contribution in [0.1, 0.15) is 10.4 Å². The lowest BCUT2D eigenvalue weighted by Gasteiger charge is -2.08. The van der Waals surface area contributed by atoms with Gasteiger partial charge in [-0.2, -0.15) is 0 Å². The lowest BCUT2D eigenvalue weighted by molar-refractivity contribution is -0.383. The Kier molecular flexibility index (Phi) is 4.22. The number of hydrogen-bond acceptors (Lipinski definition) is 3. The van der Waals surface area contributed by atoms with Gasteiger partial charge in [0, 0.05) is 6.07 Å². The molecule has 0 heterocycles. The highest BCUT2D eigenvalue weighted by Crippen LogP contribution is 2.28. The van der Waals surface area contributed by atoms with Crippen molar-refractivity contribution in [3.63, 3.8) is 0 Å². The zero-order valence-electron chi connectivity index (χ0n) is 9.97. The summed E-state index contributed by atoms with van der Waals surface area (Å²) in [7, 11) is 0. The smallest absolute Gasteiger partial charge is 0.292 e. The fraction of sp³-hybridized carbons (Fsp3) is 0. The van der Waals surface area contributed by atoms with Crippen LogP contribution in [-0.4, -0.2) is 10.8 Å². The van der Waals surface area contributed by atoms with E-state index in [2.05, 4.69) is 5.32 Å². The molecule has 0 aliphatic carbocycles. The number of nitrogens with one attached hydrogen (secondary N) is 1. The Bertz CT molecular complexity index is 669. The van der Waals surface area contributed by atoms with Gasteiger partial charge in [0.1, 0.15) is 5.69 Å². The van der Waals surface area contributed by atoms with Gasteiger partial charge in [0.2, 0.25) is 0 Å². The monoisotopic (exact) mass is 310 g/mol. The minimum Gasteiger partial charge on any atom is -0.316 e. The molecule has 1 N–H and O–H groups in total. The van der Waals surface area contributed by atoms with Crippen LogP contribution >= 0.6 is 23.2 Å². The second kappa shape index (κ2) is 5.90. The average Bonchev–Trinajstić information content (AvgIpc) is 2.38. The van der Waals surface area contributed by atoms with Crippen molar-refractivity contribution in [1.82, 2.24) is 0 Å². The molecular weight excluding hydrogens is 303 g/mol. The number of nitro groups is 1. The van der Waals surface area contributed by atoms with Gasteiger partial charge in [-0.05, 0) is 18.2 Å². The first-order chi connectivity index (χ1) is 9.50. The van der Waals surface area contributed by atoms with Crippen molar-refractivity contribution in [2.45, 2.75) is 0 Å². The Morgan fingerprint density at radius 2 is 1.65 bits per heavy atom. The van der Waals surface area contributed by atoms with E-state index >= 15 is 0 Å². The van der Waals surface area contributed by atoms with Gasteiger partial charge in [0.15, 0.2) is 0 Å². The van der Waals surface area contributed by atoms with Crippen LogP contribution in [0.25, 0.3) is 0 Å². The standard InChI is InChI=1S/C13H8Cl2N2O3/c14-8-4-3-5-9(15)12(8)13(18)16-10-6-1-2-7-11(10)17(19)20/h1-7H,(H,16,18). The number of hydrogen-bond donors (Lipinski definition) is 1. The molecule has 7 heteroatoms. The van der Waals surface area contributed by atoms with E-state index in [0.717, 1.165) is 0 Å². The maximum Gasteiger partial charge on any atom is 0.292 e. The molecule has 0 aromatic heterocycles. The SMILES string of the molecule is O=C(Nc1ccccc1[N+](=O)[O-])c1c(Cl)cccc1Cl. The largest absolute Gasteiger partial charge is 0.316 e. The van der Waals surface area contributed by atoms with Crippen LogP contribution in [0.3, 0.4) is 0 Å².